The third-order valence-corrected chi connectivity index (χ3v) is 3.41. The summed E-state index contributed by atoms with van der Waals surface area (Å²) in [7, 11) is 1.94. The number of nitrogens with zero attached hydrogens (tertiary/aromatic N) is 3. The van der Waals surface area contributed by atoms with Crippen molar-refractivity contribution in [2.45, 2.75) is 39.2 Å². The van der Waals surface area contributed by atoms with Gasteiger partial charge in [-0.2, -0.15) is 0 Å². The molecule has 0 fully saturated rings. The molecule has 0 N–H and O–H groups in total. The zero-order valence-corrected chi connectivity index (χ0v) is 12.8. The summed E-state index contributed by atoms with van der Waals surface area (Å²) in [4.78, 5) is 18.3. The Hall–Kier alpha value is -0.840. The molecule has 0 spiro atoms. The highest BCUT2D eigenvalue weighted by molar-refractivity contribution is 9.09. The molecule has 0 bridgehead atoms. The van der Waals surface area contributed by atoms with Crippen LogP contribution in [-0.2, 0) is 6.54 Å². The second-order valence-corrected chi connectivity index (χ2v) is 5.21. The number of hydrogen-bond donors (Lipinski definition) is 0. The predicted octanol–water partition coefficient (Wildman–Crippen LogP) is 2.65. The van der Waals surface area contributed by atoms with Crippen molar-refractivity contribution in [1.82, 2.24) is 9.55 Å². The lowest BCUT2D eigenvalue weighted by atomic mass is 10.2. The van der Waals surface area contributed by atoms with E-state index >= 15 is 0 Å². The monoisotopic (exact) mass is 315 g/mol. The van der Waals surface area contributed by atoms with Gasteiger partial charge in [-0.1, -0.05) is 29.3 Å². The molecule has 1 aromatic rings. The van der Waals surface area contributed by atoms with Crippen LogP contribution in [0, 0.1) is 0 Å². The normalized spacial score (nSPS) is 10.6. The van der Waals surface area contributed by atoms with Gasteiger partial charge in [-0.05, 0) is 19.3 Å². The summed E-state index contributed by atoms with van der Waals surface area (Å²) in [6.07, 6.45) is 7.86. The minimum atomic E-state index is 0.0161. The van der Waals surface area contributed by atoms with Gasteiger partial charge in [0.1, 0.15) is 0 Å². The van der Waals surface area contributed by atoms with Crippen LogP contribution in [0.4, 0.5) is 5.82 Å². The van der Waals surface area contributed by atoms with E-state index in [4.69, 9.17) is 0 Å². The molecule has 0 amide bonds. The SMILES string of the molecule is CCCn1ccnc(N(C)CCCCCBr)c1=O. The van der Waals surface area contributed by atoms with Crippen LogP contribution in [0.25, 0.3) is 0 Å². The van der Waals surface area contributed by atoms with E-state index in [2.05, 4.69) is 27.8 Å². The standard InChI is InChI=1S/C13H22BrN3O/c1-3-9-17-11-8-15-12(13(17)18)16(2)10-6-4-5-7-14/h8,11H,3-7,9-10H2,1-2H3. The highest BCUT2D eigenvalue weighted by Crippen LogP contribution is 2.05. The first-order valence-electron chi connectivity index (χ1n) is 6.53. The number of aryl methyl sites for hydroxylation is 1. The van der Waals surface area contributed by atoms with E-state index in [0.717, 1.165) is 31.3 Å². The van der Waals surface area contributed by atoms with Crippen molar-refractivity contribution in [3.63, 3.8) is 0 Å². The molecule has 0 saturated heterocycles. The lowest BCUT2D eigenvalue weighted by Crippen LogP contribution is -2.31. The Kier molecular flexibility index (Phi) is 7.01. The molecule has 0 aromatic carbocycles. The zero-order valence-electron chi connectivity index (χ0n) is 11.2. The summed E-state index contributed by atoms with van der Waals surface area (Å²) >= 11 is 3.42. The minimum Gasteiger partial charge on any atom is -0.355 e. The summed E-state index contributed by atoms with van der Waals surface area (Å²) < 4.78 is 1.73. The van der Waals surface area contributed by atoms with E-state index in [0.29, 0.717) is 5.82 Å². The summed E-state index contributed by atoms with van der Waals surface area (Å²) in [6, 6.07) is 0. The van der Waals surface area contributed by atoms with Gasteiger partial charge in [0.2, 0.25) is 0 Å². The summed E-state index contributed by atoms with van der Waals surface area (Å²) in [5.74, 6) is 0.560. The first-order chi connectivity index (χ1) is 8.70. The highest BCUT2D eigenvalue weighted by Gasteiger charge is 2.08. The maximum atomic E-state index is 12.1. The van der Waals surface area contributed by atoms with Crippen LogP contribution in [0.15, 0.2) is 17.2 Å². The maximum Gasteiger partial charge on any atom is 0.293 e. The van der Waals surface area contributed by atoms with Gasteiger partial charge in [-0.25, -0.2) is 4.98 Å². The van der Waals surface area contributed by atoms with Crippen LogP contribution >= 0.6 is 15.9 Å². The molecule has 0 aliphatic carbocycles. The van der Waals surface area contributed by atoms with Gasteiger partial charge in [0, 0.05) is 37.9 Å². The molecule has 102 valence electrons. The van der Waals surface area contributed by atoms with Crippen LogP contribution < -0.4 is 10.5 Å². The van der Waals surface area contributed by atoms with Crippen molar-refractivity contribution < 1.29 is 0 Å². The molecular weight excluding hydrogens is 294 g/mol. The number of hydrogen-bond acceptors (Lipinski definition) is 3. The Balaban J connectivity index is 2.64. The van der Waals surface area contributed by atoms with Gasteiger partial charge in [0.15, 0.2) is 5.82 Å². The molecule has 4 nitrogen and oxygen atoms in total. The van der Waals surface area contributed by atoms with E-state index in [1.807, 2.05) is 11.9 Å². The van der Waals surface area contributed by atoms with Gasteiger partial charge in [-0.3, -0.25) is 4.79 Å². The quantitative estimate of drug-likeness (QED) is 0.547. The van der Waals surface area contributed by atoms with Gasteiger partial charge >= 0.3 is 0 Å². The molecule has 5 heteroatoms. The van der Waals surface area contributed by atoms with Crippen molar-refractivity contribution in [2.24, 2.45) is 0 Å². The molecule has 0 aliphatic rings. The Morgan fingerprint density at radius 3 is 2.83 bits per heavy atom. The largest absolute Gasteiger partial charge is 0.355 e. The molecule has 0 aliphatic heterocycles. The van der Waals surface area contributed by atoms with E-state index in [1.165, 1.54) is 12.8 Å². The minimum absolute atomic E-state index is 0.0161. The summed E-state index contributed by atoms with van der Waals surface area (Å²) in [5.41, 5.74) is 0.0161. The third kappa shape index (κ3) is 4.44. The fraction of sp³-hybridized carbons (Fsp3) is 0.692. The molecular formula is C13H22BrN3O. The number of alkyl halides is 1. The fourth-order valence-electron chi connectivity index (χ4n) is 1.84. The van der Waals surface area contributed by atoms with Crippen molar-refractivity contribution >= 4 is 21.7 Å². The van der Waals surface area contributed by atoms with Crippen LogP contribution in [0.5, 0.6) is 0 Å². The van der Waals surface area contributed by atoms with E-state index in [9.17, 15) is 4.79 Å². The third-order valence-electron chi connectivity index (χ3n) is 2.85. The lowest BCUT2D eigenvalue weighted by molar-refractivity contribution is 0.640. The van der Waals surface area contributed by atoms with Crippen molar-refractivity contribution in [1.29, 1.82) is 0 Å². The van der Waals surface area contributed by atoms with Gasteiger partial charge < -0.3 is 9.47 Å². The number of halogens is 1. The Labute approximate surface area is 117 Å². The van der Waals surface area contributed by atoms with Crippen LogP contribution in [-0.4, -0.2) is 28.5 Å². The Morgan fingerprint density at radius 2 is 2.17 bits per heavy atom. The number of unbranched alkanes of at least 4 members (excludes halogenated alkanes) is 2. The smallest absolute Gasteiger partial charge is 0.293 e. The van der Waals surface area contributed by atoms with Crippen molar-refractivity contribution in [3.05, 3.63) is 22.7 Å². The number of aromatic nitrogens is 2. The molecule has 1 rings (SSSR count). The first kappa shape index (κ1) is 15.2. The first-order valence-corrected chi connectivity index (χ1v) is 7.65. The van der Waals surface area contributed by atoms with Crippen LogP contribution in [0.2, 0.25) is 0 Å². The lowest BCUT2D eigenvalue weighted by Gasteiger charge is -2.18. The highest BCUT2D eigenvalue weighted by atomic mass is 79.9. The molecule has 18 heavy (non-hydrogen) atoms. The zero-order chi connectivity index (χ0) is 13.4. The van der Waals surface area contributed by atoms with Crippen LogP contribution in [0.1, 0.15) is 32.6 Å². The van der Waals surface area contributed by atoms with E-state index in [-0.39, 0.29) is 5.56 Å². The summed E-state index contributed by atoms with van der Waals surface area (Å²) in [6.45, 7) is 3.70. The molecule has 1 heterocycles. The van der Waals surface area contributed by atoms with Crippen LogP contribution in [0.3, 0.4) is 0 Å². The average Bonchev–Trinajstić information content (AvgIpc) is 2.37. The molecule has 0 unspecified atom stereocenters. The molecule has 0 saturated carbocycles. The van der Waals surface area contributed by atoms with Crippen molar-refractivity contribution in [2.75, 3.05) is 23.8 Å². The molecule has 0 radical (unpaired) electrons. The van der Waals surface area contributed by atoms with Gasteiger partial charge in [0.05, 0.1) is 0 Å². The van der Waals surface area contributed by atoms with Crippen molar-refractivity contribution in [3.8, 4) is 0 Å². The number of anilines is 1. The van der Waals surface area contributed by atoms with E-state index in [1.54, 1.807) is 17.0 Å². The second-order valence-electron chi connectivity index (χ2n) is 4.42. The number of rotatable bonds is 8. The average molecular weight is 316 g/mol. The van der Waals surface area contributed by atoms with E-state index < -0.39 is 0 Å². The topological polar surface area (TPSA) is 38.1 Å². The molecule has 1 aromatic heterocycles. The Morgan fingerprint density at radius 1 is 1.39 bits per heavy atom. The van der Waals surface area contributed by atoms with Gasteiger partial charge in [-0.15, -0.1) is 0 Å². The van der Waals surface area contributed by atoms with Gasteiger partial charge in [0.25, 0.3) is 5.56 Å². The predicted molar refractivity (Wildman–Crippen MR) is 79.7 cm³/mol. The maximum absolute atomic E-state index is 12.1. The fourth-order valence-corrected chi connectivity index (χ4v) is 2.24. The Bertz CT molecular complexity index is 405. The second kappa shape index (κ2) is 8.29. The molecule has 0 atom stereocenters. The summed E-state index contributed by atoms with van der Waals surface area (Å²) in [5, 5.41) is 1.05.